The summed E-state index contributed by atoms with van der Waals surface area (Å²) < 4.78 is 0. The molecule has 0 N–H and O–H groups in total. The fourth-order valence-electron chi connectivity index (χ4n) is 3.14. The van der Waals surface area contributed by atoms with Crippen molar-refractivity contribution in [3.05, 3.63) is 106 Å². The maximum atomic E-state index is 9.03. The van der Waals surface area contributed by atoms with Crippen LogP contribution >= 0.6 is 0 Å². The second-order valence-electron chi connectivity index (χ2n) is 6.46. The Bertz CT molecular complexity index is 966. The standard InChI is InChI=1S/C24H17N3/c25-15-20-5-1-18(2-6-20)13-24(23-11-9-22(17-27)10-12-23)14-19-3-7-21(16-26)8-4-19/h1-12,24H,13-14H2. The molecule has 0 saturated carbocycles. The third-order valence-corrected chi connectivity index (χ3v) is 4.64. The quantitative estimate of drug-likeness (QED) is 0.661. The molecule has 0 unspecified atom stereocenters. The van der Waals surface area contributed by atoms with E-state index < -0.39 is 0 Å². The van der Waals surface area contributed by atoms with Crippen LogP contribution in [0.4, 0.5) is 0 Å². The molecule has 0 aliphatic rings. The number of hydrogen-bond acceptors (Lipinski definition) is 3. The summed E-state index contributed by atoms with van der Waals surface area (Å²) in [5.41, 5.74) is 5.45. The SMILES string of the molecule is N#Cc1ccc(CC(Cc2ccc(C#N)cc2)c2ccc(C#N)cc2)cc1. The lowest BCUT2D eigenvalue weighted by molar-refractivity contribution is 0.680. The zero-order valence-corrected chi connectivity index (χ0v) is 14.8. The van der Waals surface area contributed by atoms with Gasteiger partial charge in [0.1, 0.15) is 0 Å². The van der Waals surface area contributed by atoms with Crippen molar-refractivity contribution in [2.24, 2.45) is 0 Å². The van der Waals surface area contributed by atoms with Crippen LogP contribution in [-0.2, 0) is 12.8 Å². The Morgan fingerprint density at radius 3 is 1.19 bits per heavy atom. The molecule has 3 heteroatoms. The molecule has 0 spiro atoms. The van der Waals surface area contributed by atoms with Crippen LogP contribution in [0.1, 0.15) is 39.3 Å². The Kier molecular flexibility index (Phi) is 5.64. The van der Waals surface area contributed by atoms with E-state index >= 15 is 0 Å². The van der Waals surface area contributed by atoms with Gasteiger partial charge < -0.3 is 0 Å². The largest absolute Gasteiger partial charge is 0.192 e. The van der Waals surface area contributed by atoms with Crippen LogP contribution in [0, 0.1) is 34.0 Å². The predicted octanol–water partition coefficient (Wildman–Crippen LogP) is 4.87. The van der Waals surface area contributed by atoms with E-state index in [1.807, 2.05) is 72.8 Å². The molecule has 128 valence electrons. The summed E-state index contributed by atoms with van der Waals surface area (Å²) in [4.78, 5) is 0. The molecule has 0 atom stereocenters. The van der Waals surface area contributed by atoms with Crippen molar-refractivity contribution in [2.75, 3.05) is 0 Å². The highest BCUT2D eigenvalue weighted by Crippen LogP contribution is 2.26. The van der Waals surface area contributed by atoms with E-state index in [9.17, 15) is 0 Å². The van der Waals surface area contributed by atoms with E-state index in [-0.39, 0.29) is 5.92 Å². The van der Waals surface area contributed by atoms with Gasteiger partial charge in [-0.05, 0) is 71.8 Å². The first-order valence-corrected chi connectivity index (χ1v) is 8.70. The van der Waals surface area contributed by atoms with Crippen molar-refractivity contribution in [3.63, 3.8) is 0 Å². The highest BCUT2D eigenvalue weighted by atomic mass is 14.3. The van der Waals surface area contributed by atoms with Gasteiger partial charge >= 0.3 is 0 Å². The first-order chi connectivity index (χ1) is 13.2. The lowest BCUT2D eigenvalue weighted by Gasteiger charge is -2.18. The molecule has 0 fully saturated rings. The van der Waals surface area contributed by atoms with Gasteiger partial charge in [0.25, 0.3) is 0 Å². The van der Waals surface area contributed by atoms with Crippen molar-refractivity contribution in [1.82, 2.24) is 0 Å². The van der Waals surface area contributed by atoms with Gasteiger partial charge in [0, 0.05) is 0 Å². The summed E-state index contributed by atoms with van der Waals surface area (Å²) in [5, 5.41) is 27.0. The van der Waals surface area contributed by atoms with E-state index in [4.69, 9.17) is 15.8 Å². The van der Waals surface area contributed by atoms with E-state index in [0.717, 1.165) is 24.0 Å². The summed E-state index contributed by atoms with van der Waals surface area (Å²) in [6.07, 6.45) is 1.66. The first kappa shape index (κ1) is 17.9. The van der Waals surface area contributed by atoms with Crippen molar-refractivity contribution in [1.29, 1.82) is 15.8 Å². The van der Waals surface area contributed by atoms with Gasteiger partial charge in [-0.3, -0.25) is 0 Å². The summed E-state index contributed by atoms with van der Waals surface area (Å²) in [5.74, 6) is 0.235. The fraction of sp³-hybridized carbons (Fsp3) is 0.125. The molecule has 0 aromatic heterocycles. The zero-order chi connectivity index (χ0) is 19.1. The third-order valence-electron chi connectivity index (χ3n) is 4.64. The first-order valence-electron chi connectivity index (χ1n) is 8.70. The van der Waals surface area contributed by atoms with E-state index in [1.165, 1.54) is 5.56 Å². The molecule has 0 amide bonds. The van der Waals surface area contributed by atoms with Crippen LogP contribution < -0.4 is 0 Å². The van der Waals surface area contributed by atoms with Crippen molar-refractivity contribution in [3.8, 4) is 18.2 Å². The summed E-state index contributed by atoms with van der Waals surface area (Å²) in [6.45, 7) is 0. The number of nitriles is 3. The smallest absolute Gasteiger partial charge is 0.0991 e. The molecule has 0 radical (unpaired) electrons. The molecular formula is C24H17N3. The number of rotatable bonds is 5. The Hall–Kier alpha value is -3.87. The Morgan fingerprint density at radius 1 is 0.519 bits per heavy atom. The maximum Gasteiger partial charge on any atom is 0.0991 e. The second kappa shape index (κ2) is 8.48. The van der Waals surface area contributed by atoms with Gasteiger partial charge in [-0.25, -0.2) is 0 Å². The van der Waals surface area contributed by atoms with Gasteiger partial charge in [0.15, 0.2) is 0 Å². The van der Waals surface area contributed by atoms with Crippen molar-refractivity contribution in [2.45, 2.75) is 18.8 Å². The van der Waals surface area contributed by atoms with E-state index in [2.05, 4.69) is 18.2 Å². The van der Waals surface area contributed by atoms with Crippen LogP contribution in [0.5, 0.6) is 0 Å². The summed E-state index contributed by atoms with van der Waals surface area (Å²) >= 11 is 0. The lowest BCUT2D eigenvalue weighted by Crippen LogP contribution is -2.07. The summed E-state index contributed by atoms with van der Waals surface area (Å²) in [7, 11) is 0. The third kappa shape index (κ3) is 4.60. The fourth-order valence-corrected chi connectivity index (χ4v) is 3.14. The monoisotopic (exact) mass is 347 g/mol. The minimum atomic E-state index is 0.235. The van der Waals surface area contributed by atoms with E-state index in [0.29, 0.717) is 16.7 Å². The molecular weight excluding hydrogens is 330 g/mol. The maximum absolute atomic E-state index is 9.03. The molecule has 0 heterocycles. The molecule has 3 rings (SSSR count). The average molecular weight is 347 g/mol. The van der Waals surface area contributed by atoms with Crippen LogP contribution in [0.2, 0.25) is 0 Å². The van der Waals surface area contributed by atoms with Crippen LogP contribution in [0.3, 0.4) is 0 Å². The Balaban J connectivity index is 1.87. The number of benzene rings is 3. The minimum Gasteiger partial charge on any atom is -0.192 e. The van der Waals surface area contributed by atoms with Crippen molar-refractivity contribution >= 4 is 0 Å². The topological polar surface area (TPSA) is 71.4 Å². The van der Waals surface area contributed by atoms with Crippen LogP contribution in [0.25, 0.3) is 0 Å². The van der Waals surface area contributed by atoms with Gasteiger partial charge in [-0.15, -0.1) is 0 Å². The molecule has 0 aliphatic carbocycles. The van der Waals surface area contributed by atoms with Gasteiger partial charge in [-0.1, -0.05) is 36.4 Å². The molecule has 3 aromatic carbocycles. The second-order valence-corrected chi connectivity index (χ2v) is 6.46. The zero-order valence-electron chi connectivity index (χ0n) is 14.8. The van der Waals surface area contributed by atoms with Crippen LogP contribution in [0.15, 0.2) is 72.8 Å². The molecule has 3 nitrogen and oxygen atoms in total. The van der Waals surface area contributed by atoms with Gasteiger partial charge in [0.2, 0.25) is 0 Å². The highest BCUT2D eigenvalue weighted by Gasteiger charge is 2.14. The molecule has 27 heavy (non-hydrogen) atoms. The van der Waals surface area contributed by atoms with Crippen molar-refractivity contribution < 1.29 is 0 Å². The van der Waals surface area contributed by atoms with Gasteiger partial charge in [-0.2, -0.15) is 15.8 Å². The molecule has 0 bridgehead atoms. The minimum absolute atomic E-state index is 0.235. The predicted molar refractivity (Wildman–Crippen MR) is 104 cm³/mol. The molecule has 0 saturated heterocycles. The number of nitrogens with zero attached hydrogens (tertiary/aromatic N) is 3. The van der Waals surface area contributed by atoms with Gasteiger partial charge in [0.05, 0.1) is 34.9 Å². The Labute approximate surface area is 159 Å². The lowest BCUT2D eigenvalue weighted by atomic mass is 9.86. The normalized spacial score (nSPS) is 10.0. The summed E-state index contributed by atoms with van der Waals surface area (Å²) in [6, 6.07) is 29.5. The highest BCUT2D eigenvalue weighted by molar-refractivity contribution is 5.37. The average Bonchev–Trinajstić information content (AvgIpc) is 2.74. The number of hydrogen-bond donors (Lipinski definition) is 0. The van der Waals surface area contributed by atoms with E-state index in [1.54, 1.807) is 0 Å². The Morgan fingerprint density at radius 2 is 0.852 bits per heavy atom. The van der Waals surface area contributed by atoms with Crippen LogP contribution in [-0.4, -0.2) is 0 Å². The molecule has 3 aromatic rings. The molecule has 0 aliphatic heterocycles.